The number of hydrogen-bond donors (Lipinski definition) is 0. The van der Waals surface area contributed by atoms with Crippen molar-refractivity contribution in [2.45, 2.75) is 0 Å². The van der Waals surface area contributed by atoms with Gasteiger partial charge < -0.3 is 5.21 Å². The minimum absolute atomic E-state index is 0.580. The zero-order valence-electron chi connectivity index (χ0n) is 7.92. The van der Waals surface area contributed by atoms with Crippen LogP contribution in [0.4, 0.5) is 0 Å². The highest BCUT2D eigenvalue weighted by atomic mass is 16.5. The summed E-state index contributed by atoms with van der Waals surface area (Å²) in [5.74, 6) is 0. The fourth-order valence-electron chi connectivity index (χ4n) is 1.82. The first-order valence-electron chi connectivity index (χ1n) is 4.72. The van der Waals surface area contributed by atoms with Gasteiger partial charge in [-0.1, -0.05) is 35.2 Å². The lowest BCUT2D eigenvalue weighted by molar-refractivity contribution is -0.666. The number of nitrogens with zero attached hydrogens (tertiary/aromatic N) is 2. The molecule has 0 amide bonds. The van der Waals surface area contributed by atoms with Crippen LogP contribution in [0.15, 0.2) is 48.7 Å². The van der Waals surface area contributed by atoms with E-state index in [4.69, 9.17) is 0 Å². The van der Waals surface area contributed by atoms with Gasteiger partial charge in [0.05, 0.1) is 0 Å². The van der Waals surface area contributed by atoms with E-state index in [0.717, 1.165) is 21.7 Å². The SMILES string of the molecule is [O-][n+]1ccc2c(ccc3ccccc32)n1. The Morgan fingerprint density at radius 1 is 0.933 bits per heavy atom. The van der Waals surface area contributed by atoms with Gasteiger partial charge in [-0.2, -0.15) is 0 Å². The molecule has 0 saturated carbocycles. The lowest BCUT2D eigenvalue weighted by atomic mass is 10.1. The Morgan fingerprint density at radius 2 is 1.80 bits per heavy atom. The predicted molar refractivity (Wildman–Crippen MR) is 58.2 cm³/mol. The van der Waals surface area contributed by atoms with Crippen LogP contribution in [0.1, 0.15) is 0 Å². The minimum atomic E-state index is 0.580. The van der Waals surface area contributed by atoms with Crippen molar-refractivity contribution in [3.8, 4) is 0 Å². The molecule has 3 heteroatoms. The number of benzene rings is 2. The van der Waals surface area contributed by atoms with Crippen LogP contribution in [0.5, 0.6) is 0 Å². The van der Waals surface area contributed by atoms with Gasteiger partial charge in [0, 0.05) is 16.6 Å². The molecule has 3 aromatic rings. The zero-order valence-corrected chi connectivity index (χ0v) is 7.92. The lowest BCUT2D eigenvalue weighted by Crippen LogP contribution is -2.29. The van der Waals surface area contributed by atoms with Gasteiger partial charge in [0.1, 0.15) is 5.52 Å². The van der Waals surface area contributed by atoms with E-state index >= 15 is 0 Å². The van der Waals surface area contributed by atoms with E-state index < -0.39 is 0 Å². The van der Waals surface area contributed by atoms with Crippen molar-refractivity contribution >= 4 is 21.7 Å². The third kappa shape index (κ3) is 1.21. The van der Waals surface area contributed by atoms with Gasteiger partial charge in [0.15, 0.2) is 0 Å². The number of hydrogen-bond acceptors (Lipinski definition) is 2. The quantitative estimate of drug-likeness (QED) is 0.313. The fraction of sp³-hybridized carbons (Fsp3) is 0. The van der Waals surface area contributed by atoms with Crippen LogP contribution in [0.2, 0.25) is 0 Å². The highest BCUT2D eigenvalue weighted by molar-refractivity contribution is 6.05. The predicted octanol–water partition coefficient (Wildman–Crippen LogP) is 2.02. The van der Waals surface area contributed by atoms with Gasteiger partial charge in [0.2, 0.25) is 6.20 Å². The van der Waals surface area contributed by atoms with Crippen molar-refractivity contribution in [3.63, 3.8) is 0 Å². The van der Waals surface area contributed by atoms with E-state index in [1.807, 2.05) is 36.4 Å². The Morgan fingerprint density at radius 3 is 2.73 bits per heavy atom. The minimum Gasteiger partial charge on any atom is -0.594 e. The first-order valence-corrected chi connectivity index (χ1v) is 4.72. The molecule has 3 nitrogen and oxygen atoms in total. The second-order valence-electron chi connectivity index (χ2n) is 3.44. The molecule has 0 radical (unpaired) electrons. The van der Waals surface area contributed by atoms with Crippen molar-refractivity contribution in [3.05, 3.63) is 53.9 Å². The molecule has 0 unspecified atom stereocenters. The van der Waals surface area contributed by atoms with Gasteiger partial charge >= 0.3 is 0 Å². The van der Waals surface area contributed by atoms with E-state index in [2.05, 4.69) is 5.10 Å². The Labute approximate surface area is 86.2 Å². The van der Waals surface area contributed by atoms with E-state index in [9.17, 15) is 5.21 Å². The molecule has 0 spiro atoms. The van der Waals surface area contributed by atoms with Crippen LogP contribution < -0.4 is 4.85 Å². The Balaban J connectivity index is 2.55. The maximum Gasteiger partial charge on any atom is 0.210 e. The van der Waals surface area contributed by atoms with Crippen molar-refractivity contribution in [1.82, 2.24) is 5.10 Å². The molecular weight excluding hydrogens is 188 g/mol. The van der Waals surface area contributed by atoms with Crippen LogP contribution >= 0.6 is 0 Å². The average molecular weight is 196 g/mol. The summed E-state index contributed by atoms with van der Waals surface area (Å²) < 4.78 is 0. The number of aromatic nitrogens is 2. The molecule has 15 heavy (non-hydrogen) atoms. The van der Waals surface area contributed by atoms with Crippen molar-refractivity contribution < 1.29 is 4.85 Å². The zero-order chi connectivity index (χ0) is 10.3. The van der Waals surface area contributed by atoms with E-state index in [1.54, 1.807) is 6.07 Å². The lowest BCUT2D eigenvalue weighted by Gasteiger charge is -2.01. The molecule has 0 fully saturated rings. The third-order valence-electron chi connectivity index (χ3n) is 2.52. The molecule has 72 valence electrons. The molecule has 1 heterocycles. The van der Waals surface area contributed by atoms with Crippen LogP contribution in [0, 0.1) is 5.21 Å². The normalized spacial score (nSPS) is 10.9. The summed E-state index contributed by atoms with van der Waals surface area (Å²) in [5.41, 5.74) is 0.728. The van der Waals surface area contributed by atoms with Gasteiger partial charge in [-0.25, -0.2) is 0 Å². The topological polar surface area (TPSA) is 39.8 Å². The Bertz CT molecular complexity index is 649. The summed E-state index contributed by atoms with van der Waals surface area (Å²) >= 11 is 0. The highest BCUT2D eigenvalue weighted by Crippen LogP contribution is 2.22. The Kier molecular flexibility index (Phi) is 1.59. The molecule has 0 saturated heterocycles. The molecule has 0 bridgehead atoms. The van der Waals surface area contributed by atoms with Crippen molar-refractivity contribution in [1.29, 1.82) is 0 Å². The van der Waals surface area contributed by atoms with Gasteiger partial charge in [-0.15, -0.1) is 0 Å². The number of fused-ring (bicyclic) bond motifs is 3. The van der Waals surface area contributed by atoms with Crippen molar-refractivity contribution in [2.24, 2.45) is 0 Å². The van der Waals surface area contributed by atoms with Gasteiger partial charge in [0.25, 0.3) is 0 Å². The first kappa shape index (κ1) is 8.17. The standard InChI is InChI=1S/C12H8N2O/c15-14-8-7-11-10-4-2-1-3-9(10)5-6-12(11)13-14/h1-8H. The smallest absolute Gasteiger partial charge is 0.210 e. The summed E-state index contributed by atoms with van der Waals surface area (Å²) in [6.07, 6.45) is 1.43. The van der Waals surface area contributed by atoms with Gasteiger partial charge in [-0.3, -0.25) is 0 Å². The maximum atomic E-state index is 11.0. The van der Waals surface area contributed by atoms with Crippen molar-refractivity contribution in [2.75, 3.05) is 0 Å². The molecule has 0 aliphatic carbocycles. The van der Waals surface area contributed by atoms with Crippen LogP contribution in [0.25, 0.3) is 21.7 Å². The van der Waals surface area contributed by atoms with Crippen LogP contribution in [-0.2, 0) is 0 Å². The van der Waals surface area contributed by atoms with Crippen LogP contribution in [-0.4, -0.2) is 5.10 Å². The number of rotatable bonds is 0. The second-order valence-corrected chi connectivity index (χ2v) is 3.44. The molecule has 3 rings (SSSR count). The molecule has 0 atom stereocenters. The molecule has 2 aromatic carbocycles. The van der Waals surface area contributed by atoms with Gasteiger partial charge in [-0.05, 0) is 16.8 Å². The summed E-state index contributed by atoms with van der Waals surface area (Å²) in [6, 6.07) is 13.7. The summed E-state index contributed by atoms with van der Waals surface area (Å²) in [5, 5.41) is 18.2. The Hall–Kier alpha value is -2.16. The highest BCUT2D eigenvalue weighted by Gasteiger charge is 2.03. The second kappa shape index (κ2) is 2.92. The van der Waals surface area contributed by atoms with E-state index in [-0.39, 0.29) is 0 Å². The fourth-order valence-corrected chi connectivity index (χ4v) is 1.82. The molecule has 0 aliphatic rings. The molecule has 0 N–H and O–H groups in total. The summed E-state index contributed by atoms with van der Waals surface area (Å²) in [6.45, 7) is 0. The third-order valence-corrected chi connectivity index (χ3v) is 2.52. The average Bonchev–Trinajstić information content (AvgIpc) is 2.28. The molecule has 1 aromatic heterocycles. The maximum absolute atomic E-state index is 11.0. The molecule has 0 aliphatic heterocycles. The van der Waals surface area contributed by atoms with E-state index in [1.165, 1.54) is 6.20 Å². The largest absolute Gasteiger partial charge is 0.594 e. The summed E-state index contributed by atoms with van der Waals surface area (Å²) in [7, 11) is 0. The van der Waals surface area contributed by atoms with Crippen LogP contribution in [0.3, 0.4) is 0 Å². The summed E-state index contributed by atoms with van der Waals surface area (Å²) in [4.78, 5) is 0.580. The molecular formula is C12H8N2O. The first-order chi connectivity index (χ1) is 7.34. The van der Waals surface area contributed by atoms with E-state index in [0.29, 0.717) is 4.85 Å². The monoisotopic (exact) mass is 196 g/mol.